The SMILES string of the molecule is Cn1nc(C(C)(C)C)c(Cl)c1-c1nc2ccc(-c3c(F)cccc3F)cc2[nH]1. The van der Waals surface area contributed by atoms with Crippen molar-refractivity contribution in [3.63, 3.8) is 0 Å². The summed E-state index contributed by atoms with van der Waals surface area (Å²) in [6.07, 6.45) is 0. The van der Waals surface area contributed by atoms with E-state index in [-0.39, 0.29) is 11.0 Å². The topological polar surface area (TPSA) is 46.5 Å². The summed E-state index contributed by atoms with van der Waals surface area (Å²) in [5.41, 5.74) is 2.94. The number of imidazole rings is 1. The van der Waals surface area contributed by atoms with E-state index in [1.165, 1.54) is 18.2 Å². The molecule has 0 amide bonds. The molecule has 4 rings (SSSR count). The molecule has 4 aromatic rings. The Balaban J connectivity index is 1.86. The largest absolute Gasteiger partial charge is 0.337 e. The minimum Gasteiger partial charge on any atom is -0.337 e. The number of fused-ring (bicyclic) bond motifs is 1. The standard InChI is InChI=1S/C21H19ClF2N4/c1-21(2,3)19-17(22)18(28(4)27-19)20-25-14-9-8-11(10-15(14)26-20)16-12(23)6-5-7-13(16)24/h5-10H,1-4H3,(H,25,26). The number of aryl methyl sites for hydroxylation is 1. The molecule has 0 bridgehead atoms. The minimum absolute atomic E-state index is 0.0610. The Morgan fingerprint density at radius 2 is 1.75 bits per heavy atom. The maximum absolute atomic E-state index is 14.1. The third kappa shape index (κ3) is 2.98. The Kier molecular flexibility index (Phi) is 4.27. The molecule has 144 valence electrons. The van der Waals surface area contributed by atoms with E-state index >= 15 is 0 Å². The van der Waals surface area contributed by atoms with Crippen LogP contribution in [0.15, 0.2) is 36.4 Å². The molecule has 28 heavy (non-hydrogen) atoms. The van der Waals surface area contributed by atoms with Gasteiger partial charge in [-0.2, -0.15) is 5.10 Å². The highest BCUT2D eigenvalue weighted by Crippen LogP contribution is 2.36. The predicted molar refractivity (Wildman–Crippen MR) is 107 cm³/mol. The summed E-state index contributed by atoms with van der Waals surface area (Å²) in [6.45, 7) is 6.12. The Bertz CT molecular complexity index is 1180. The van der Waals surface area contributed by atoms with Gasteiger partial charge in [-0.3, -0.25) is 4.68 Å². The highest BCUT2D eigenvalue weighted by atomic mass is 35.5. The fourth-order valence-corrected chi connectivity index (χ4v) is 3.82. The van der Waals surface area contributed by atoms with Crippen molar-refractivity contribution in [2.24, 2.45) is 7.05 Å². The predicted octanol–water partition coefficient (Wildman–Crippen LogP) is 5.86. The molecule has 0 saturated heterocycles. The molecule has 0 aliphatic rings. The van der Waals surface area contributed by atoms with Crippen LogP contribution in [0.1, 0.15) is 26.5 Å². The van der Waals surface area contributed by atoms with Crippen molar-refractivity contribution in [1.82, 2.24) is 19.7 Å². The molecule has 0 saturated carbocycles. The van der Waals surface area contributed by atoms with Gasteiger partial charge in [-0.1, -0.05) is 44.5 Å². The minimum atomic E-state index is -0.608. The molecule has 0 spiro atoms. The number of rotatable bonds is 2. The van der Waals surface area contributed by atoms with Crippen molar-refractivity contribution in [2.45, 2.75) is 26.2 Å². The lowest BCUT2D eigenvalue weighted by molar-refractivity contribution is 0.553. The van der Waals surface area contributed by atoms with Gasteiger partial charge in [0.2, 0.25) is 0 Å². The van der Waals surface area contributed by atoms with E-state index in [1.807, 2.05) is 27.8 Å². The lowest BCUT2D eigenvalue weighted by Crippen LogP contribution is -2.12. The molecular weight excluding hydrogens is 382 g/mol. The first-order chi connectivity index (χ1) is 13.2. The van der Waals surface area contributed by atoms with Gasteiger partial charge in [-0.05, 0) is 29.8 Å². The van der Waals surface area contributed by atoms with Gasteiger partial charge in [-0.15, -0.1) is 0 Å². The first-order valence-corrected chi connectivity index (χ1v) is 9.22. The van der Waals surface area contributed by atoms with Crippen LogP contribution in [0, 0.1) is 11.6 Å². The van der Waals surface area contributed by atoms with Crippen LogP contribution in [0.25, 0.3) is 33.7 Å². The van der Waals surface area contributed by atoms with E-state index < -0.39 is 11.6 Å². The Labute approximate surface area is 166 Å². The summed E-state index contributed by atoms with van der Waals surface area (Å²) >= 11 is 6.60. The zero-order valence-electron chi connectivity index (χ0n) is 15.9. The molecule has 0 fully saturated rings. The fourth-order valence-electron chi connectivity index (χ4n) is 3.29. The smallest absolute Gasteiger partial charge is 0.158 e. The van der Waals surface area contributed by atoms with E-state index in [4.69, 9.17) is 11.6 Å². The van der Waals surface area contributed by atoms with Crippen LogP contribution in [-0.2, 0) is 12.5 Å². The van der Waals surface area contributed by atoms with Crippen molar-refractivity contribution in [2.75, 3.05) is 0 Å². The van der Waals surface area contributed by atoms with E-state index in [1.54, 1.807) is 22.9 Å². The van der Waals surface area contributed by atoms with Gasteiger partial charge in [0.15, 0.2) is 5.82 Å². The average Bonchev–Trinajstić information content (AvgIpc) is 3.14. The number of H-pyrrole nitrogens is 1. The van der Waals surface area contributed by atoms with Gasteiger partial charge in [-0.25, -0.2) is 13.8 Å². The van der Waals surface area contributed by atoms with E-state index in [2.05, 4.69) is 15.1 Å². The quantitative estimate of drug-likeness (QED) is 0.458. The van der Waals surface area contributed by atoms with Crippen LogP contribution in [0.4, 0.5) is 8.78 Å². The molecule has 0 radical (unpaired) electrons. The van der Waals surface area contributed by atoms with Gasteiger partial charge >= 0.3 is 0 Å². The van der Waals surface area contributed by atoms with Crippen molar-refractivity contribution in [1.29, 1.82) is 0 Å². The number of nitrogens with one attached hydrogen (secondary N) is 1. The highest BCUT2D eigenvalue weighted by molar-refractivity contribution is 6.33. The summed E-state index contributed by atoms with van der Waals surface area (Å²) in [6, 6.07) is 8.89. The summed E-state index contributed by atoms with van der Waals surface area (Å²) in [4.78, 5) is 7.80. The van der Waals surface area contributed by atoms with Crippen molar-refractivity contribution in [3.8, 4) is 22.6 Å². The van der Waals surface area contributed by atoms with Gasteiger partial charge in [0.1, 0.15) is 17.3 Å². The van der Waals surface area contributed by atoms with Crippen molar-refractivity contribution < 1.29 is 8.78 Å². The zero-order valence-corrected chi connectivity index (χ0v) is 16.7. The molecule has 0 aliphatic carbocycles. The summed E-state index contributed by atoms with van der Waals surface area (Å²) in [7, 11) is 1.81. The number of benzene rings is 2. The molecule has 2 heterocycles. The zero-order chi connectivity index (χ0) is 20.2. The van der Waals surface area contributed by atoms with Crippen molar-refractivity contribution >= 4 is 22.6 Å². The first kappa shape index (κ1) is 18.6. The molecule has 1 N–H and O–H groups in total. The first-order valence-electron chi connectivity index (χ1n) is 8.84. The number of aromatic amines is 1. The van der Waals surface area contributed by atoms with Crippen LogP contribution in [-0.4, -0.2) is 19.7 Å². The third-order valence-electron chi connectivity index (χ3n) is 4.66. The average molecular weight is 401 g/mol. The van der Waals surface area contributed by atoms with Crippen LogP contribution in [0.5, 0.6) is 0 Å². The second kappa shape index (κ2) is 6.41. The summed E-state index contributed by atoms with van der Waals surface area (Å²) < 4.78 is 30.0. The van der Waals surface area contributed by atoms with Crippen LogP contribution in [0.3, 0.4) is 0 Å². The molecule has 4 nitrogen and oxygen atoms in total. The normalized spacial score (nSPS) is 12.1. The summed E-state index contributed by atoms with van der Waals surface area (Å²) in [5.74, 6) is -0.663. The monoisotopic (exact) mass is 400 g/mol. The third-order valence-corrected chi connectivity index (χ3v) is 5.02. The summed E-state index contributed by atoms with van der Waals surface area (Å²) in [5, 5.41) is 5.08. The second-order valence-electron chi connectivity index (χ2n) is 7.80. The molecule has 2 aromatic heterocycles. The lowest BCUT2D eigenvalue weighted by atomic mass is 9.92. The van der Waals surface area contributed by atoms with Crippen molar-refractivity contribution in [3.05, 3.63) is 58.7 Å². The maximum Gasteiger partial charge on any atom is 0.158 e. The fraction of sp³-hybridized carbons (Fsp3) is 0.238. The second-order valence-corrected chi connectivity index (χ2v) is 8.18. The number of hydrogen-bond acceptors (Lipinski definition) is 2. The van der Waals surface area contributed by atoms with Crippen LogP contribution >= 0.6 is 11.6 Å². The molecule has 0 atom stereocenters. The molecule has 0 unspecified atom stereocenters. The Morgan fingerprint density at radius 1 is 1.07 bits per heavy atom. The van der Waals surface area contributed by atoms with Gasteiger partial charge in [0.05, 0.1) is 27.3 Å². The Hall–Kier alpha value is -2.73. The van der Waals surface area contributed by atoms with E-state index in [9.17, 15) is 8.78 Å². The Morgan fingerprint density at radius 3 is 2.36 bits per heavy atom. The molecular formula is C21H19ClF2N4. The highest BCUT2D eigenvalue weighted by Gasteiger charge is 2.27. The van der Waals surface area contributed by atoms with Gasteiger partial charge in [0.25, 0.3) is 0 Å². The van der Waals surface area contributed by atoms with Crippen LogP contribution in [0.2, 0.25) is 5.02 Å². The van der Waals surface area contributed by atoms with Gasteiger partial charge in [0, 0.05) is 12.5 Å². The van der Waals surface area contributed by atoms with Crippen LogP contribution < -0.4 is 0 Å². The van der Waals surface area contributed by atoms with E-state index in [0.717, 1.165) is 5.69 Å². The van der Waals surface area contributed by atoms with Gasteiger partial charge < -0.3 is 4.98 Å². The lowest BCUT2D eigenvalue weighted by Gasteiger charge is -2.15. The maximum atomic E-state index is 14.1. The number of nitrogens with zero attached hydrogens (tertiary/aromatic N) is 3. The molecule has 7 heteroatoms. The number of aromatic nitrogens is 4. The number of hydrogen-bond donors (Lipinski definition) is 1. The molecule has 0 aliphatic heterocycles. The molecule has 2 aromatic carbocycles. The number of halogens is 3. The van der Waals surface area contributed by atoms with E-state index in [0.29, 0.717) is 33.1 Å².